The Bertz CT molecular complexity index is 727. The number of hydrogen-bond donors (Lipinski definition) is 1. The summed E-state index contributed by atoms with van der Waals surface area (Å²) in [5.41, 5.74) is 2.47. The Balaban J connectivity index is 2.12. The van der Waals surface area contributed by atoms with Crippen LogP contribution in [0.2, 0.25) is 0 Å². The maximum Gasteiger partial charge on any atom is 0.105 e. The Morgan fingerprint density at radius 1 is 1.19 bits per heavy atom. The maximum atomic E-state index is 5.51. The lowest BCUT2D eigenvalue weighted by Gasteiger charge is -2.20. The lowest BCUT2D eigenvalue weighted by atomic mass is 9.94. The van der Waals surface area contributed by atoms with Gasteiger partial charge in [0, 0.05) is 23.3 Å². The average molecular weight is 280 g/mol. The minimum absolute atomic E-state index is 0.148. The normalized spacial score (nSPS) is 12.7. The van der Waals surface area contributed by atoms with Gasteiger partial charge in [0.1, 0.15) is 5.76 Å². The molecule has 1 unspecified atom stereocenters. The van der Waals surface area contributed by atoms with Crippen molar-refractivity contribution in [2.45, 2.75) is 26.3 Å². The molecular weight excluding hydrogens is 260 g/mol. The van der Waals surface area contributed by atoms with Crippen LogP contribution in [0.3, 0.4) is 0 Å². The minimum atomic E-state index is 0.148. The smallest absolute Gasteiger partial charge is 0.105 e. The lowest BCUT2D eigenvalue weighted by molar-refractivity contribution is 0.517. The van der Waals surface area contributed by atoms with Gasteiger partial charge in [0.15, 0.2) is 0 Å². The summed E-state index contributed by atoms with van der Waals surface area (Å²) in [5.74, 6) is 0.967. The molecule has 3 nitrogen and oxygen atoms in total. The van der Waals surface area contributed by atoms with E-state index in [1.807, 2.05) is 19.3 Å². The van der Waals surface area contributed by atoms with Crippen molar-refractivity contribution in [2.75, 3.05) is 6.54 Å². The van der Waals surface area contributed by atoms with Crippen molar-refractivity contribution >= 4 is 10.8 Å². The van der Waals surface area contributed by atoms with Crippen LogP contribution >= 0.6 is 0 Å². The lowest BCUT2D eigenvalue weighted by Crippen LogP contribution is -2.23. The molecule has 3 rings (SSSR count). The second-order valence-electron chi connectivity index (χ2n) is 5.26. The van der Waals surface area contributed by atoms with Crippen molar-refractivity contribution in [3.05, 3.63) is 65.9 Å². The summed E-state index contributed by atoms with van der Waals surface area (Å²) in [6.45, 7) is 5.17. The van der Waals surface area contributed by atoms with E-state index in [2.05, 4.69) is 47.6 Å². The molecule has 0 amide bonds. The van der Waals surface area contributed by atoms with Crippen LogP contribution in [0, 0.1) is 6.92 Å². The van der Waals surface area contributed by atoms with Crippen molar-refractivity contribution in [1.29, 1.82) is 0 Å². The first-order valence-corrected chi connectivity index (χ1v) is 7.41. The van der Waals surface area contributed by atoms with Crippen LogP contribution in [0.15, 0.2) is 53.4 Å². The highest BCUT2D eigenvalue weighted by molar-refractivity contribution is 5.85. The van der Waals surface area contributed by atoms with Crippen LogP contribution in [0.5, 0.6) is 0 Å². The fraction of sp³-hybridized carbons (Fsp3) is 0.278. The topological polar surface area (TPSA) is 38.1 Å². The van der Waals surface area contributed by atoms with Gasteiger partial charge in [-0.25, -0.2) is 0 Å². The Kier molecular flexibility index (Phi) is 4.02. The minimum Gasteiger partial charge on any atom is -0.469 e. The van der Waals surface area contributed by atoms with Crippen LogP contribution in [-0.4, -0.2) is 11.5 Å². The van der Waals surface area contributed by atoms with Crippen LogP contribution in [0.1, 0.15) is 36.3 Å². The van der Waals surface area contributed by atoms with Gasteiger partial charge in [-0.2, -0.15) is 0 Å². The van der Waals surface area contributed by atoms with Gasteiger partial charge < -0.3 is 9.73 Å². The van der Waals surface area contributed by atoms with Crippen molar-refractivity contribution in [3.8, 4) is 0 Å². The molecule has 0 saturated carbocycles. The first-order chi connectivity index (χ1) is 10.3. The van der Waals surface area contributed by atoms with Crippen LogP contribution < -0.4 is 5.32 Å². The molecule has 2 aromatic heterocycles. The zero-order valence-electron chi connectivity index (χ0n) is 12.5. The third-order valence-corrected chi connectivity index (χ3v) is 3.83. The molecule has 0 saturated heterocycles. The quantitative estimate of drug-likeness (QED) is 0.760. The van der Waals surface area contributed by atoms with E-state index < -0.39 is 0 Å². The average Bonchev–Trinajstić information content (AvgIpc) is 2.94. The molecule has 0 aliphatic carbocycles. The van der Waals surface area contributed by atoms with Gasteiger partial charge in [0.05, 0.1) is 12.3 Å². The second-order valence-corrected chi connectivity index (χ2v) is 5.26. The Hall–Kier alpha value is -2.13. The monoisotopic (exact) mass is 280 g/mol. The van der Waals surface area contributed by atoms with Gasteiger partial charge >= 0.3 is 0 Å². The summed E-state index contributed by atoms with van der Waals surface area (Å²) in [6.07, 6.45) is 6.63. The molecular formula is C18H20N2O. The van der Waals surface area contributed by atoms with E-state index in [-0.39, 0.29) is 6.04 Å². The number of pyridine rings is 1. The molecule has 0 aliphatic heterocycles. The summed E-state index contributed by atoms with van der Waals surface area (Å²) in [5, 5.41) is 6.04. The van der Waals surface area contributed by atoms with Gasteiger partial charge in [0.2, 0.25) is 0 Å². The molecule has 1 atom stereocenters. The zero-order chi connectivity index (χ0) is 14.7. The highest BCUT2D eigenvalue weighted by Crippen LogP contribution is 2.30. The molecule has 0 spiro atoms. The molecule has 1 aromatic carbocycles. The standard InChI is InChI=1S/C18H20N2O/c1-3-9-20-18(15-8-11-21-13(15)2)17-6-4-5-14-12-19-10-7-16(14)17/h4-8,10-12,18,20H,3,9H2,1-2H3. The summed E-state index contributed by atoms with van der Waals surface area (Å²) in [4.78, 5) is 4.22. The molecule has 3 heteroatoms. The van der Waals surface area contributed by atoms with Gasteiger partial charge in [-0.15, -0.1) is 0 Å². The Morgan fingerprint density at radius 3 is 2.86 bits per heavy atom. The van der Waals surface area contributed by atoms with Gasteiger partial charge in [-0.05, 0) is 43.0 Å². The van der Waals surface area contributed by atoms with E-state index >= 15 is 0 Å². The van der Waals surface area contributed by atoms with E-state index in [1.54, 1.807) is 6.26 Å². The molecule has 3 aromatic rings. The number of nitrogens with one attached hydrogen (secondary N) is 1. The fourth-order valence-corrected chi connectivity index (χ4v) is 2.77. The number of aryl methyl sites for hydroxylation is 1. The van der Waals surface area contributed by atoms with Crippen molar-refractivity contribution < 1.29 is 4.42 Å². The Morgan fingerprint density at radius 2 is 2.10 bits per heavy atom. The van der Waals surface area contributed by atoms with E-state index in [0.29, 0.717) is 0 Å². The molecule has 2 heterocycles. The highest BCUT2D eigenvalue weighted by Gasteiger charge is 2.19. The Labute approximate surface area is 125 Å². The highest BCUT2D eigenvalue weighted by atomic mass is 16.3. The summed E-state index contributed by atoms with van der Waals surface area (Å²) >= 11 is 0. The zero-order valence-corrected chi connectivity index (χ0v) is 12.5. The molecule has 0 aliphatic rings. The molecule has 108 valence electrons. The molecule has 21 heavy (non-hydrogen) atoms. The maximum absolute atomic E-state index is 5.51. The van der Waals surface area contributed by atoms with Crippen molar-refractivity contribution in [2.24, 2.45) is 0 Å². The predicted molar refractivity (Wildman–Crippen MR) is 85.3 cm³/mol. The van der Waals surface area contributed by atoms with Crippen molar-refractivity contribution in [3.63, 3.8) is 0 Å². The fourth-order valence-electron chi connectivity index (χ4n) is 2.77. The van der Waals surface area contributed by atoms with E-state index in [9.17, 15) is 0 Å². The third kappa shape index (κ3) is 2.69. The largest absolute Gasteiger partial charge is 0.469 e. The first-order valence-electron chi connectivity index (χ1n) is 7.41. The number of aromatic nitrogens is 1. The van der Waals surface area contributed by atoms with Crippen LogP contribution in [-0.2, 0) is 0 Å². The number of hydrogen-bond acceptors (Lipinski definition) is 3. The summed E-state index contributed by atoms with van der Waals surface area (Å²) in [7, 11) is 0. The van der Waals surface area contributed by atoms with Crippen LogP contribution in [0.25, 0.3) is 10.8 Å². The van der Waals surface area contributed by atoms with Gasteiger partial charge in [0.25, 0.3) is 0 Å². The summed E-state index contributed by atoms with van der Waals surface area (Å²) in [6, 6.07) is 10.7. The van der Waals surface area contributed by atoms with Crippen LogP contribution in [0.4, 0.5) is 0 Å². The first kappa shape index (κ1) is 13.8. The molecule has 0 fully saturated rings. The third-order valence-electron chi connectivity index (χ3n) is 3.83. The summed E-state index contributed by atoms with van der Waals surface area (Å²) < 4.78 is 5.51. The number of fused-ring (bicyclic) bond motifs is 1. The van der Waals surface area contributed by atoms with E-state index in [4.69, 9.17) is 4.42 Å². The molecule has 1 N–H and O–H groups in total. The van der Waals surface area contributed by atoms with Gasteiger partial charge in [-0.3, -0.25) is 4.98 Å². The number of rotatable bonds is 5. The second kappa shape index (κ2) is 6.10. The number of furan rings is 1. The van der Waals surface area contributed by atoms with Gasteiger partial charge in [-0.1, -0.05) is 25.1 Å². The molecule has 0 bridgehead atoms. The number of benzene rings is 1. The SMILES string of the molecule is CCCNC(c1ccoc1C)c1cccc2cnccc12. The predicted octanol–water partition coefficient (Wildman–Crippen LogP) is 4.23. The number of nitrogens with zero attached hydrogens (tertiary/aromatic N) is 1. The van der Waals surface area contributed by atoms with E-state index in [0.717, 1.165) is 18.7 Å². The van der Waals surface area contributed by atoms with E-state index in [1.165, 1.54) is 21.9 Å². The molecule has 0 radical (unpaired) electrons. The van der Waals surface area contributed by atoms with Crippen molar-refractivity contribution in [1.82, 2.24) is 10.3 Å².